The zero-order valence-electron chi connectivity index (χ0n) is 11.9. The second kappa shape index (κ2) is 5.71. The summed E-state index contributed by atoms with van der Waals surface area (Å²) in [6.45, 7) is 6.50. The first-order chi connectivity index (χ1) is 9.43. The normalized spacial score (nSPS) is 10.8. The summed E-state index contributed by atoms with van der Waals surface area (Å²) in [6, 6.07) is 4.84. The summed E-state index contributed by atoms with van der Waals surface area (Å²) in [6.07, 6.45) is 0.931. The van der Waals surface area contributed by atoms with Gasteiger partial charge >= 0.3 is 0 Å². The van der Waals surface area contributed by atoms with Gasteiger partial charge in [0.15, 0.2) is 0 Å². The number of hydrogen-bond acceptors (Lipinski definition) is 2. The number of benzene rings is 1. The fourth-order valence-corrected chi connectivity index (χ4v) is 2.52. The third kappa shape index (κ3) is 2.72. The second-order valence-corrected chi connectivity index (χ2v) is 5.27. The Hall–Kier alpha value is -1.75. The van der Waals surface area contributed by atoms with Crippen LogP contribution in [0, 0.1) is 19.7 Å². The van der Waals surface area contributed by atoms with Gasteiger partial charge in [-0.2, -0.15) is 5.10 Å². The monoisotopic (exact) mass is 291 g/mol. The summed E-state index contributed by atoms with van der Waals surface area (Å²) >= 11 is 4.85. The van der Waals surface area contributed by atoms with Crippen LogP contribution in [-0.2, 0) is 13.0 Å². The van der Waals surface area contributed by atoms with Gasteiger partial charge in [-0.05, 0) is 31.9 Å². The van der Waals surface area contributed by atoms with Crippen molar-refractivity contribution >= 4 is 17.2 Å². The zero-order valence-corrected chi connectivity index (χ0v) is 12.7. The molecule has 0 spiro atoms. The van der Waals surface area contributed by atoms with Crippen LogP contribution in [-0.4, -0.2) is 14.8 Å². The first kappa shape index (κ1) is 14.7. The van der Waals surface area contributed by atoms with Gasteiger partial charge in [0.2, 0.25) is 0 Å². The molecule has 0 fully saturated rings. The minimum Gasteiger partial charge on any atom is -0.389 e. The molecule has 20 heavy (non-hydrogen) atoms. The van der Waals surface area contributed by atoms with Crippen LogP contribution in [0.5, 0.6) is 0 Å². The van der Waals surface area contributed by atoms with Crippen LogP contribution in [0.15, 0.2) is 18.2 Å². The van der Waals surface area contributed by atoms with Crippen molar-refractivity contribution in [2.75, 3.05) is 0 Å². The van der Waals surface area contributed by atoms with Gasteiger partial charge in [-0.1, -0.05) is 31.3 Å². The maximum atomic E-state index is 14.1. The van der Waals surface area contributed by atoms with E-state index in [0.29, 0.717) is 17.7 Å². The SMILES string of the molecule is CCc1c(C)nn(Cc2ccc(C(N)=S)cc2F)c1C. The van der Waals surface area contributed by atoms with Crippen LogP contribution >= 0.6 is 12.2 Å². The Kier molecular flexibility index (Phi) is 4.18. The Morgan fingerprint density at radius 1 is 1.40 bits per heavy atom. The molecule has 0 aliphatic rings. The number of nitrogens with two attached hydrogens (primary N) is 1. The fourth-order valence-electron chi connectivity index (χ4n) is 2.39. The van der Waals surface area contributed by atoms with Crippen LogP contribution in [0.25, 0.3) is 0 Å². The van der Waals surface area contributed by atoms with Crippen molar-refractivity contribution in [2.24, 2.45) is 5.73 Å². The first-order valence-electron chi connectivity index (χ1n) is 6.55. The highest BCUT2D eigenvalue weighted by molar-refractivity contribution is 7.80. The summed E-state index contributed by atoms with van der Waals surface area (Å²) in [5.41, 5.74) is 9.94. The summed E-state index contributed by atoms with van der Waals surface area (Å²) in [5.74, 6) is -0.305. The van der Waals surface area contributed by atoms with E-state index in [4.69, 9.17) is 18.0 Å². The van der Waals surface area contributed by atoms with E-state index in [9.17, 15) is 4.39 Å². The molecule has 0 saturated carbocycles. The first-order valence-corrected chi connectivity index (χ1v) is 6.96. The molecule has 0 saturated heterocycles. The Morgan fingerprint density at radius 3 is 2.60 bits per heavy atom. The van der Waals surface area contributed by atoms with Crippen molar-refractivity contribution in [3.8, 4) is 0 Å². The lowest BCUT2D eigenvalue weighted by Gasteiger charge is -2.08. The van der Waals surface area contributed by atoms with E-state index >= 15 is 0 Å². The van der Waals surface area contributed by atoms with Crippen molar-refractivity contribution in [3.05, 3.63) is 52.1 Å². The third-order valence-corrected chi connectivity index (χ3v) is 3.78. The Morgan fingerprint density at radius 2 is 2.10 bits per heavy atom. The molecular weight excluding hydrogens is 273 g/mol. The molecule has 1 heterocycles. The lowest BCUT2D eigenvalue weighted by molar-refractivity contribution is 0.578. The third-order valence-electron chi connectivity index (χ3n) is 3.54. The van der Waals surface area contributed by atoms with Crippen molar-refractivity contribution < 1.29 is 4.39 Å². The maximum Gasteiger partial charge on any atom is 0.128 e. The molecule has 0 radical (unpaired) electrons. The van der Waals surface area contributed by atoms with Crippen LogP contribution in [0.2, 0.25) is 0 Å². The molecule has 0 aliphatic carbocycles. The van der Waals surface area contributed by atoms with E-state index in [1.165, 1.54) is 11.6 Å². The molecule has 1 aromatic carbocycles. The minimum atomic E-state index is -0.305. The van der Waals surface area contributed by atoms with Crippen LogP contribution in [0.3, 0.4) is 0 Å². The van der Waals surface area contributed by atoms with Crippen molar-refractivity contribution in [2.45, 2.75) is 33.7 Å². The lowest BCUT2D eigenvalue weighted by atomic mass is 10.1. The predicted octanol–water partition coefficient (Wildman–Crippen LogP) is 2.88. The molecular formula is C15H18FN3S. The molecule has 0 aliphatic heterocycles. The van der Waals surface area contributed by atoms with Gasteiger partial charge in [0.05, 0.1) is 12.2 Å². The predicted molar refractivity (Wildman–Crippen MR) is 82.5 cm³/mol. The molecule has 0 unspecified atom stereocenters. The maximum absolute atomic E-state index is 14.1. The largest absolute Gasteiger partial charge is 0.389 e. The van der Waals surface area contributed by atoms with Crippen molar-refractivity contribution in [1.82, 2.24) is 9.78 Å². The van der Waals surface area contributed by atoms with Crippen LogP contribution in [0.1, 0.15) is 35.0 Å². The molecule has 0 atom stereocenters. The summed E-state index contributed by atoms with van der Waals surface area (Å²) in [7, 11) is 0. The highest BCUT2D eigenvalue weighted by Crippen LogP contribution is 2.17. The molecule has 2 rings (SSSR count). The number of hydrogen-bond donors (Lipinski definition) is 1. The molecule has 5 heteroatoms. The molecule has 1 aromatic heterocycles. The molecule has 3 nitrogen and oxygen atoms in total. The molecule has 2 aromatic rings. The summed E-state index contributed by atoms with van der Waals surface area (Å²) < 4.78 is 15.9. The summed E-state index contributed by atoms with van der Waals surface area (Å²) in [5, 5.41) is 4.47. The van der Waals surface area contributed by atoms with Crippen LogP contribution in [0.4, 0.5) is 4.39 Å². The van der Waals surface area contributed by atoms with E-state index in [1.807, 2.05) is 18.5 Å². The Labute approximate surface area is 123 Å². The van der Waals surface area contributed by atoms with Gasteiger partial charge in [-0.25, -0.2) is 4.39 Å². The highest BCUT2D eigenvalue weighted by Gasteiger charge is 2.12. The Balaban J connectivity index is 2.33. The molecule has 2 N–H and O–H groups in total. The van der Waals surface area contributed by atoms with Gasteiger partial charge in [0.1, 0.15) is 10.8 Å². The number of aromatic nitrogens is 2. The van der Waals surface area contributed by atoms with Crippen molar-refractivity contribution in [3.63, 3.8) is 0 Å². The van der Waals surface area contributed by atoms with E-state index < -0.39 is 0 Å². The lowest BCUT2D eigenvalue weighted by Crippen LogP contribution is -2.11. The van der Waals surface area contributed by atoms with Gasteiger partial charge in [-0.15, -0.1) is 0 Å². The molecule has 0 bridgehead atoms. The topological polar surface area (TPSA) is 43.8 Å². The average Bonchev–Trinajstić information content (AvgIpc) is 2.66. The zero-order chi connectivity index (χ0) is 14.9. The van der Waals surface area contributed by atoms with Gasteiger partial charge in [0.25, 0.3) is 0 Å². The average molecular weight is 291 g/mol. The highest BCUT2D eigenvalue weighted by atomic mass is 32.1. The molecule has 106 valence electrons. The van der Waals surface area contributed by atoms with E-state index in [2.05, 4.69) is 12.0 Å². The smallest absolute Gasteiger partial charge is 0.128 e. The quantitative estimate of drug-likeness (QED) is 0.881. The number of rotatable bonds is 4. The van der Waals surface area contributed by atoms with Gasteiger partial charge < -0.3 is 5.73 Å². The minimum absolute atomic E-state index is 0.204. The molecule has 0 amide bonds. The van der Waals surface area contributed by atoms with E-state index in [0.717, 1.165) is 17.8 Å². The second-order valence-electron chi connectivity index (χ2n) is 4.83. The van der Waals surface area contributed by atoms with E-state index in [1.54, 1.807) is 12.1 Å². The van der Waals surface area contributed by atoms with Crippen molar-refractivity contribution in [1.29, 1.82) is 0 Å². The number of aryl methyl sites for hydroxylation is 1. The number of halogens is 1. The van der Waals surface area contributed by atoms with Gasteiger partial charge in [0, 0.05) is 16.8 Å². The van der Waals surface area contributed by atoms with Crippen LogP contribution < -0.4 is 5.73 Å². The summed E-state index contributed by atoms with van der Waals surface area (Å²) in [4.78, 5) is 0.204. The number of thiocarbonyl (C=S) groups is 1. The standard InChI is InChI=1S/C15H18FN3S/c1-4-13-9(2)18-19(10(13)3)8-12-6-5-11(15(17)20)7-14(12)16/h5-7H,4,8H2,1-3H3,(H2,17,20). The number of nitrogens with zero attached hydrogens (tertiary/aromatic N) is 2. The Bertz CT molecular complexity index is 661. The van der Waals surface area contributed by atoms with Gasteiger partial charge in [-0.3, -0.25) is 4.68 Å². The fraction of sp³-hybridized carbons (Fsp3) is 0.333. The van der Waals surface area contributed by atoms with E-state index in [-0.39, 0.29) is 10.8 Å².